The number of nitrogens with one attached hydrogen (secondary N) is 2. The van der Waals surface area contributed by atoms with E-state index in [1.54, 1.807) is 0 Å². The van der Waals surface area contributed by atoms with Crippen molar-refractivity contribution in [2.45, 2.75) is 20.0 Å². The second kappa shape index (κ2) is 12.1. The number of morpholine rings is 1. The van der Waals surface area contributed by atoms with Gasteiger partial charge >= 0.3 is 0 Å². The summed E-state index contributed by atoms with van der Waals surface area (Å²) in [5.74, 6) is 0.381. The maximum absolute atomic E-state index is 13.0. The maximum atomic E-state index is 13.0. The van der Waals surface area contributed by atoms with Gasteiger partial charge in [-0.15, -0.1) is 0 Å². The summed E-state index contributed by atoms with van der Waals surface area (Å²) in [4.78, 5) is 24.7. The van der Waals surface area contributed by atoms with E-state index < -0.39 is 0 Å². The van der Waals surface area contributed by atoms with Gasteiger partial charge in [-0.3, -0.25) is 9.69 Å². The third-order valence-electron chi connectivity index (χ3n) is 6.48. The minimum absolute atomic E-state index is 0.101. The van der Waals surface area contributed by atoms with Crippen molar-refractivity contribution < 1.29 is 14.3 Å². The van der Waals surface area contributed by atoms with Gasteiger partial charge in [-0.05, 0) is 60.8 Å². The summed E-state index contributed by atoms with van der Waals surface area (Å²) in [6.07, 6.45) is 6.65. The van der Waals surface area contributed by atoms with Gasteiger partial charge in [0.25, 0.3) is 5.91 Å². The molecule has 8 nitrogen and oxygen atoms in total. The van der Waals surface area contributed by atoms with E-state index in [-0.39, 0.29) is 5.91 Å². The van der Waals surface area contributed by atoms with E-state index in [1.807, 2.05) is 55.6 Å². The van der Waals surface area contributed by atoms with Crippen LogP contribution in [0.4, 0.5) is 11.6 Å². The number of ether oxygens (including phenoxy) is 2. The Labute approximate surface area is 217 Å². The summed E-state index contributed by atoms with van der Waals surface area (Å²) in [6.45, 7) is 8.03. The van der Waals surface area contributed by atoms with Crippen LogP contribution in [0.2, 0.25) is 0 Å². The fourth-order valence-electron chi connectivity index (χ4n) is 4.54. The number of aromatic nitrogens is 2. The lowest BCUT2D eigenvalue weighted by molar-refractivity contribution is 0.0374. The highest BCUT2D eigenvalue weighted by Crippen LogP contribution is 2.25. The van der Waals surface area contributed by atoms with Gasteiger partial charge in [-0.2, -0.15) is 0 Å². The highest BCUT2D eigenvalue weighted by Gasteiger charge is 2.13. The Hall–Kier alpha value is -3.59. The van der Waals surface area contributed by atoms with Crippen LogP contribution in [-0.2, 0) is 16.1 Å². The number of benzene rings is 2. The van der Waals surface area contributed by atoms with Crippen LogP contribution >= 0.6 is 0 Å². The molecule has 0 atom stereocenters. The monoisotopic (exact) mass is 499 g/mol. The zero-order valence-corrected chi connectivity index (χ0v) is 21.2. The van der Waals surface area contributed by atoms with Crippen molar-refractivity contribution in [3.63, 3.8) is 0 Å². The Morgan fingerprint density at radius 1 is 1.14 bits per heavy atom. The van der Waals surface area contributed by atoms with Gasteiger partial charge in [0, 0.05) is 42.6 Å². The summed E-state index contributed by atoms with van der Waals surface area (Å²) < 4.78 is 11.3. The van der Waals surface area contributed by atoms with Crippen LogP contribution in [-0.4, -0.2) is 66.8 Å². The minimum Gasteiger partial charge on any atom is -0.379 e. The standard InChI is InChI=1S/C29H33N5O3/c1-21-19-31-29-32-26-17-22(6-3-12-37-20-23-5-2-7-24(16-23)27(21)33-29)15-25(18-26)28(35)30-8-4-9-34-10-13-36-14-11-34/h2-3,5-7,15-19H,4,8-14,20H2,1H3,(H,30,35)(H,31,32,33)/b6-3+. The Balaban J connectivity index is 1.35. The number of hydrogen-bond acceptors (Lipinski definition) is 7. The number of carbonyl (C=O) groups excluding carboxylic acids is 1. The predicted octanol–water partition coefficient (Wildman–Crippen LogP) is 4.19. The molecule has 2 aliphatic rings. The van der Waals surface area contributed by atoms with Gasteiger partial charge < -0.3 is 20.1 Å². The first kappa shape index (κ1) is 25.1. The number of aryl methyl sites for hydroxylation is 1. The molecule has 3 heterocycles. The third kappa shape index (κ3) is 6.80. The van der Waals surface area contributed by atoms with E-state index >= 15 is 0 Å². The van der Waals surface area contributed by atoms with Crippen molar-refractivity contribution in [1.82, 2.24) is 20.2 Å². The zero-order chi connectivity index (χ0) is 25.5. The maximum Gasteiger partial charge on any atom is 0.251 e. The summed E-state index contributed by atoms with van der Waals surface area (Å²) in [7, 11) is 0. The largest absolute Gasteiger partial charge is 0.379 e. The molecule has 5 rings (SSSR count). The number of carbonyl (C=O) groups is 1. The molecule has 192 valence electrons. The van der Waals surface area contributed by atoms with E-state index in [4.69, 9.17) is 14.5 Å². The summed E-state index contributed by atoms with van der Waals surface area (Å²) in [6, 6.07) is 13.9. The van der Waals surface area contributed by atoms with Gasteiger partial charge in [0.05, 0.1) is 32.1 Å². The van der Waals surface area contributed by atoms with Crippen molar-refractivity contribution in [3.05, 3.63) is 77.0 Å². The average molecular weight is 500 g/mol. The number of hydrogen-bond donors (Lipinski definition) is 2. The lowest BCUT2D eigenvalue weighted by Crippen LogP contribution is -2.38. The summed E-state index contributed by atoms with van der Waals surface area (Å²) >= 11 is 0. The normalized spacial score (nSPS) is 16.7. The molecule has 1 aromatic heterocycles. The predicted molar refractivity (Wildman–Crippen MR) is 145 cm³/mol. The molecule has 2 aromatic carbocycles. The third-order valence-corrected chi connectivity index (χ3v) is 6.48. The summed E-state index contributed by atoms with van der Waals surface area (Å²) in [5.41, 5.74) is 6.18. The van der Waals surface area contributed by atoms with E-state index in [2.05, 4.69) is 32.7 Å². The Bertz CT molecular complexity index is 1270. The molecular formula is C29H33N5O3. The van der Waals surface area contributed by atoms with Crippen LogP contribution in [0.15, 0.2) is 54.7 Å². The number of fused-ring (bicyclic) bond motifs is 7. The molecule has 0 unspecified atom stereocenters. The number of rotatable bonds is 5. The van der Waals surface area contributed by atoms with Crippen LogP contribution in [0, 0.1) is 6.92 Å². The fraction of sp³-hybridized carbons (Fsp3) is 0.345. The smallest absolute Gasteiger partial charge is 0.251 e. The van der Waals surface area contributed by atoms with E-state index in [9.17, 15) is 4.79 Å². The highest BCUT2D eigenvalue weighted by molar-refractivity contribution is 5.96. The molecule has 3 aromatic rings. The Morgan fingerprint density at radius 2 is 2.03 bits per heavy atom. The molecule has 0 saturated carbocycles. The highest BCUT2D eigenvalue weighted by atomic mass is 16.5. The fourth-order valence-corrected chi connectivity index (χ4v) is 4.54. The first-order chi connectivity index (χ1) is 18.1. The molecule has 6 bridgehead atoms. The van der Waals surface area contributed by atoms with Gasteiger partial charge in [0.2, 0.25) is 5.95 Å². The van der Waals surface area contributed by atoms with Gasteiger partial charge in [-0.25, -0.2) is 9.97 Å². The molecule has 0 radical (unpaired) electrons. The molecule has 1 amide bonds. The van der Waals surface area contributed by atoms with Crippen LogP contribution < -0.4 is 10.6 Å². The molecule has 0 spiro atoms. The SMILES string of the molecule is Cc1cnc2nc1-c1cccc(c1)COC/C=C/c1cc(cc(C(=O)NCCCN3CCOCC3)c1)N2. The van der Waals surface area contributed by atoms with E-state index in [1.165, 1.54) is 0 Å². The quantitative estimate of drug-likeness (QED) is 0.509. The van der Waals surface area contributed by atoms with Gasteiger partial charge in [0.1, 0.15) is 0 Å². The number of anilines is 2. The molecule has 1 fully saturated rings. The Morgan fingerprint density at radius 3 is 2.92 bits per heavy atom. The van der Waals surface area contributed by atoms with Crippen molar-refractivity contribution in [2.75, 3.05) is 51.3 Å². The van der Waals surface area contributed by atoms with Crippen molar-refractivity contribution >= 4 is 23.6 Å². The first-order valence-electron chi connectivity index (χ1n) is 12.8. The van der Waals surface area contributed by atoms with Crippen LogP contribution in [0.5, 0.6) is 0 Å². The molecule has 0 aliphatic carbocycles. The number of amides is 1. The topological polar surface area (TPSA) is 88.6 Å². The number of nitrogens with zero attached hydrogens (tertiary/aromatic N) is 3. The average Bonchev–Trinajstić information content (AvgIpc) is 2.92. The van der Waals surface area contributed by atoms with Crippen LogP contribution in [0.1, 0.15) is 33.5 Å². The Kier molecular flexibility index (Phi) is 8.20. The first-order valence-corrected chi connectivity index (χ1v) is 12.8. The lowest BCUT2D eigenvalue weighted by Gasteiger charge is -2.26. The zero-order valence-electron chi connectivity index (χ0n) is 21.2. The van der Waals surface area contributed by atoms with E-state index in [0.29, 0.717) is 31.3 Å². The van der Waals surface area contributed by atoms with Crippen LogP contribution in [0.25, 0.3) is 17.3 Å². The van der Waals surface area contributed by atoms with Crippen molar-refractivity contribution in [2.24, 2.45) is 0 Å². The molecule has 1 saturated heterocycles. The lowest BCUT2D eigenvalue weighted by atomic mass is 10.1. The van der Waals surface area contributed by atoms with E-state index in [0.717, 1.165) is 72.9 Å². The molecule has 2 N–H and O–H groups in total. The molecule has 2 aliphatic heterocycles. The summed E-state index contributed by atoms with van der Waals surface area (Å²) in [5, 5.41) is 6.37. The molecule has 37 heavy (non-hydrogen) atoms. The minimum atomic E-state index is -0.101. The molecule has 8 heteroatoms. The second-order valence-corrected chi connectivity index (χ2v) is 9.38. The van der Waals surface area contributed by atoms with Crippen molar-refractivity contribution in [3.8, 4) is 11.3 Å². The van der Waals surface area contributed by atoms with Gasteiger partial charge in [-0.1, -0.05) is 30.4 Å². The second-order valence-electron chi connectivity index (χ2n) is 9.38. The van der Waals surface area contributed by atoms with Gasteiger partial charge in [0.15, 0.2) is 0 Å². The van der Waals surface area contributed by atoms with Crippen molar-refractivity contribution in [1.29, 1.82) is 0 Å². The molecular weight excluding hydrogens is 466 g/mol. The van der Waals surface area contributed by atoms with Crippen LogP contribution in [0.3, 0.4) is 0 Å².